The van der Waals surface area contributed by atoms with Gasteiger partial charge in [-0.15, -0.1) is 0 Å². The van der Waals surface area contributed by atoms with Gasteiger partial charge in [0.25, 0.3) is 0 Å². The van der Waals surface area contributed by atoms with Crippen LogP contribution in [0.5, 0.6) is 5.75 Å². The van der Waals surface area contributed by atoms with Crippen LogP contribution in [0.15, 0.2) is 48.8 Å². The van der Waals surface area contributed by atoms with Crippen molar-refractivity contribution >= 4 is 5.78 Å². The Morgan fingerprint density at radius 3 is 2.65 bits per heavy atom. The quantitative estimate of drug-likeness (QED) is 0.758. The zero-order chi connectivity index (χ0) is 14.4. The summed E-state index contributed by atoms with van der Waals surface area (Å²) >= 11 is 0. The van der Waals surface area contributed by atoms with Crippen LogP contribution in [0.4, 0.5) is 0 Å². The number of carbonyl (C=O) groups is 1. The van der Waals surface area contributed by atoms with Crippen molar-refractivity contribution in [2.75, 3.05) is 13.7 Å². The van der Waals surface area contributed by atoms with Crippen LogP contribution in [0.2, 0.25) is 0 Å². The van der Waals surface area contributed by atoms with Gasteiger partial charge < -0.3 is 9.47 Å². The summed E-state index contributed by atoms with van der Waals surface area (Å²) in [5, 5.41) is 0. The summed E-state index contributed by atoms with van der Waals surface area (Å²) in [7, 11) is 1.54. The molecule has 1 heterocycles. The average molecular weight is 271 g/mol. The predicted octanol–water partition coefficient (Wildman–Crippen LogP) is 3.05. The summed E-state index contributed by atoms with van der Waals surface area (Å²) in [6.45, 7) is 2.33. The first kappa shape index (κ1) is 14.2. The maximum Gasteiger partial charge on any atom is 0.197 e. The van der Waals surface area contributed by atoms with E-state index in [2.05, 4.69) is 4.98 Å². The molecular weight excluding hydrogens is 254 g/mol. The fraction of sp³-hybridized carbons (Fsp3) is 0.250. The van der Waals surface area contributed by atoms with E-state index < -0.39 is 6.10 Å². The van der Waals surface area contributed by atoms with Gasteiger partial charge in [0.15, 0.2) is 5.78 Å². The van der Waals surface area contributed by atoms with E-state index in [1.165, 1.54) is 6.20 Å². The lowest BCUT2D eigenvalue weighted by Crippen LogP contribution is -2.16. The Morgan fingerprint density at radius 2 is 2.00 bits per heavy atom. The molecule has 20 heavy (non-hydrogen) atoms. The summed E-state index contributed by atoms with van der Waals surface area (Å²) in [4.78, 5) is 16.6. The van der Waals surface area contributed by atoms with Crippen LogP contribution in [-0.4, -0.2) is 24.5 Å². The number of hydrogen-bond donors (Lipinski definition) is 0. The first-order valence-corrected chi connectivity index (χ1v) is 6.46. The second-order valence-corrected chi connectivity index (χ2v) is 4.22. The smallest absolute Gasteiger partial charge is 0.197 e. The zero-order valence-corrected chi connectivity index (χ0v) is 11.6. The van der Waals surface area contributed by atoms with Crippen LogP contribution >= 0.6 is 0 Å². The van der Waals surface area contributed by atoms with E-state index in [0.29, 0.717) is 17.9 Å². The molecule has 104 valence electrons. The molecule has 1 aromatic carbocycles. The number of rotatable bonds is 6. The van der Waals surface area contributed by atoms with Crippen LogP contribution in [0.3, 0.4) is 0 Å². The van der Waals surface area contributed by atoms with E-state index in [0.717, 1.165) is 5.56 Å². The Morgan fingerprint density at radius 1 is 1.25 bits per heavy atom. The molecule has 0 radical (unpaired) electrons. The molecule has 0 aliphatic heterocycles. The molecule has 1 atom stereocenters. The molecule has 0 spiro atoms. The normalized spacial score (nSPS) is 11.9. The molecule has 1 unspecified atom stereocenters. The van der Waals surface area contributed by atoms with Gasteiger partial charge in [-0.3, -0.25) is 9.78 Å². The van der Waals surface area contributed by atoms with Crippen molar-refractivity contribution in [1.29, 1.82) is 0 Å². The molecule has 2 rings (SSSR count). The number of methoxy groups -OCH3 is 1. The van der Waals surface area contributed by atoms with E-state index in [9.17, 15) is 4.79 Å². The van der Waals surface area contributed by atoms with E-state index in [1.807, 2.05) is 37.3 Å². The molecule has 4 nitrogen and oxygen atoms in total. The zero-order valence-electron chi connectivity index (χ0n) is 11.6. The third-order valence-electron chi connectivity index (χ3n) is 2.91. The Bertz CT molecular complexity index is 569. The average Bonchev–Trinajstić information content (AvgIpc) is 2.53. The van der Waals surface area contributed by atoms with Gasteiger partial charge in [0, 0.05) is 18.4 Å². The first-order valence-electron chi connectivity index (χ1n) is 6.46. The third kappa shape index (κ3) is 3.22. The number of benzene rings is 1. The summed E-state index contributed by atoms with van der Waals surface area (Å²) in [5.41, 5.74) is 1.31. The summed E-state index contributed by atoms with van der Waals surface area (Å²) in [6, 6.07) is 11.1. The number of Topliss-reactive ketones (excluding diaryl/α,β-unsaturated/α-hetero) is 1. The van der Waals surface area contributed by atoms with Crippen molar-refractivity contribution in [1.82, 2.24) is 4.98 Å². The molecule has 4 heteroatoms. The first-order chi connectivity index (χ1) is 9.76. The number of aromatic nitrogens is 1. The predicted molar refractivity (Wildman–Crippen MR) is 75.9 cm³/mol. The highest BCUT2D eigenvalue weighted by Gasteiger charge is 2.22. The number of hydrogen-bond acceptors (Lipinski definition) is 4. The molecule has 0 N–H and O–H groups in total. The van der Waals surface area contributed by atoms with E-state index in [1.54, 1.807) is 19.4 Å². The maximum atomic E-state index is 12.6. The number of ketones is 1. The second kappa shape index (κ2) is 6.82. The van der Waals surface area contributed by atoms with Gasteiger partial charge in [-0.2, -0.15) is 0 Å². The van der Waals surface area contributed by atoms with E-state index in [-0.39, 0.29) is 5.78 Å². The lowest BCUT2D eigenvalue weighted by atomic mass is 10.0. The highest BCUT2D eigenvalue weighted by molar-refractivity contribution is 6.00. The third-order valence-corrected chi connectivity index (χ3v) is 2.91. The minimum Gasteiger partial charge on any atom is -0.495 e. The molecule has 0 amide bonds. The molecule has 1 aromatic heterocycles. The van der Waals surface area contributed by atoms with Gasteiger partial charge in [-0.25, -0.2) is 0 Å². The van der Waals surface area contributed by atoms with Gasteiger partial charge in [-0.1, -0.05) is 30.3 Å². The Labute approximate surface area is 118 Å². The monoisotopic (exact) mass is 271 g/mol. The lowest BCUT2D eigenvalue weighted by molar-refractivity contribution is 0.0452. The maximum absolute atomic E-state index is 12.6. The topological polar surface area (TPSA) is 48.4 Å². The van der Waals surface area contributed by atoms with Gasteiger partial charge in [-0.05, 0) is 18.6 Å². The highest BCUT2D eigenvalue weighted by Crippen LogP contribution is 2.23. The Hall–Kier alpha value is -2.20. The highest BCUT2D eigenvalue weighted by atomic mass is 16.5. The minimum absolute atomic E-state index is 0.121. The van der Waals surface area contributed by atoms with Crippen molar-refractivity contribution in [2.45, 2.75) is 13.0 Å². The Balaban J connectivity index is 2.31. The SMILES string of the molecule is CCOC(C(=O)c1cncc(OC)c1)c1ccccc1. The van der Waals surface area contributed by atoms with Crippen molar-refractivity contribution in [3.63, 3.8) is 0 Å². The fourth-order valence-corrected chi connectivity index (χ4v) is 1.93. The molecular formula is C16H17NO3. The molecule has 0 aliphatic carbocycles. The number of carbonyl (C=O) groups excluding carboxylic acids is 1. The Kier molecular flexibility index (Phi) is 4.85. The molecule has 0 bridgehead atoms. The number of pyridine rings is 1. The van der Waals surface area contributed by atoms with Gasteiger partial charge in [0.1, 0.15) is 11.9 Å². The van der Waals surface area contributed by atoms with Gasteiger partial charge >= 0.3 is 0 Å². The number of nitrogens with zero attached hydrogens (tertiary/aromatic N) is 1. The summed E-state index contributed by atoms with van der Waals surface area (Å²) in [5.74, 6) is 0.434. The van der Waals surface area contributed by atoms with Crippen molar-refractivity contribution in [3.05, 3.63) is 59.9 Å². The second-order valence-electron chi connectivity index (χ2n) is 4.22. The molecule has 0 fully saturated rings. The van der Waals surface area contributed by atoms with Crippen molar-refractivity contribution in [2.24, 2.45) is 0 Å². The van der Waals surface area contributed by atoms with Crippen LogP contribution in [0.25, 0.3) is 0 Å². The molecule has 0 saturated carbocycles. The van der Waals surface area contributed by atoms with E-state index in [4.69, 9.17) is 9.47 Å². The number of ether oxygens (including phenoxy) is 2. The minimum atomic E-state index is -0.616. The van der Waals surface area contributed by atoms with Crippen molar-refractivity contribution in [3.8, 4) is 5.75 Å². The van der Waals surface area contributed by atoms with E-state index >= 15 is 0 Å². The molecule has 2 aromatic rings. The largest absolute Gasteiger partial charge is 0.495 e. The molecule has 0 saturated heterocycles. The molecule has 0 aliphatic rings. The lowest BCUT2D eigenvalue weighted by Gasteiger charge is -2.16. The summed E-state index contributed by atoms with van der Waals surface area (Å²) < 4.78 is 10.7. The summed E-state index contributed by atoms with van der Waals surface area (Å²) in [6.07, 6.45) is 2.48. The van der Waals surface area contributed by atoms with Gasteiger partial charge in [0.05, 0.1) is 13.3 Å². The van der Waals surface area contributed by atoms with Crippen molar-refractivity contribution < 1.29 is 14.3 Å². The van der Waals surface area contributed by atoms with Crippen LogP contribution in [0.1, 0.15) is 28.9 Å². The van der Waals surface area contributed by atoms with Crippen LogP contribution < -0.4 is 4.74 Å². The standard InChI is InChI=1S/C16H17NO3/c1-3-20-16(12-7-5-4-6-8-12)15(18)13-9-14(19-2)11-17-10-13/h4-11,16H,3H2,1-2H3. The van der Waals surface area contributed by atoms with Crippen LogP contribution in [-0.2, 0) is 4.74 Å². The fourth-order valence-electron chi connectivity index (χ4n) is 1.93. The van der Waals surface area contributed by atoms with Gasteiger partial charge in [0.2, 0.25) is 0 Å². The van der Waals surface area contributed by atoms with Crippen LogP contribution in [0, 0.1) is 0 Å².